The minimum absolute atomic E-state index is 0.0219. The van der Waals surface area contributed by atoms with Crippen LogP contribution in [0.3, 0.4) is 0 Å². The van der Waals surface area contributed by atoms with Crippen LogP contribution in [0.1, 0.15) is 6.92 Å². The number of allylic oxidation sites excluding steroid dienone is 4. The van der Waals surface area contributed by atoms with Gasteiger partial charge in [-0.15, -0.1) is 0 Å². The second-order valence-corrected chi connectivity index (χ2v) is 3.96. The van der Waals surface area contributed by atoms with Crippen molar-refractivity contribution in [2.45, 2.75) is 12.3 Å². The highest BCUT2D eigenvalue weighted by molar-refractivity contribution is 8.05. The predicted octanol–water partition coefficient (Wildman–Crippen LogP) is 1.11. The number of nitrogens with zero attached hydrogens (tertiary/aromatic N) is 1. The van der Waals surface area contributed by atoms with Crippen LogP contribution in [0.15, 0.2) is 28.1 Å². The van der Waals surface area contributed by atoms with Crippen LogP contribution < -0.4 is 0 Å². The molecule has 1 heterocycles. The molecule has 4 heteroatoms. The van der Waals surface area contributed by atoms with E-state index in [1.54, 1.807) is 6.08 Å². The van der Waals surface area contributed by atoms with Crippen LogP contribution in [0.2, 0.25) is 0 Å². The molecule has 66 valence electrons. The molecule has 0 saturated carbocycles. The summed E-state index contributed by atoms with van der Waals surface area (Å²) in [7, 11) is 0. The Labute approximate surface area is 79.6 Å². The fourth-order valence-electron chi connectivity index (χ4n) is 1.14. The molecule has 0 spiro atoms. The molecule has 0 aromatic rings. The van der Waals surface area contributed by atoms with E-state index in [4.69, 9.17) is 0 Å². The van der Waals surface area contributed by atoms with E-state index in [1.165, 1.54) is 30.8 Å². The third kappa shape index (κ3) is 1.49. The molecule has 13 heavy (non-hydrogen) atoms. The fraction of sp³-hybridized carbons (Fsp3) is 0.222. The van der Waals surface area contributed by atoms with Crippen LogP contribution in [0.5, 0.6) is 0 Å². The Bertz CT molecular complexity index is 379. The average molecular weight is 193 g/mol. The van der Waals surface area contributed by atoms with Gasteiger partial charge in [-0.3, -0.25) is 14.6 Å². The number of Topliss-reactive ketones (excluding diaryl/α,β-unsaturated/α-hetero) is 1. The summed E-state index contributed by atoms with van der Waals surface area (Å²) in [5.41, 5.74) is 0.754. The number of hydrogen-bond acceptors (Lipinski definition) is 4. The lowest BCUT2D eigenvalue weighted by Gasteiger charge is -2.00. The molecular formula is C9H7NO2S. The second-order valence-electron chi connectivity index (χ2n) is 2.84. The van der Waals surface area contributed by atoms with Gasteiger partial charge in [0.2, 0.25) is 0 Å². The van der Waals surface area contributed by atoms with Crippen molar-refractivity contribution in [1.82, 2.24) is 0 Å². The van der Waals surface area contributed by atoms with Crippen molar-refractivity contribution in [3.63, 3.8) is 0 Å². The molecule has 0 aromatic heterocycles. The molecule has 0 fully saturated rings. The number of carbonyl (C=O) groups is 2. The van der Waals surface area contributed by atoms with Crippen molar-refractivity contribution >= 4 is 29.0 Å². The molecule has 3 nitrogen and oxygen atoms in total. The zero-order valence-electron chi connectivity index (χ0n) is 6.98. The summed E-state index contributed by atoms with van der Waals surface area (Å²) in [6.45, 7) is 1.51. The first kappa shape index (κ1) is 8.44. The molecular weight excluding hydrogens is 186 g/mol. The lowest BCUT2D eigenvalue weighted by Crippen LogP contribution is -2.06. The van der Waals surface area contributed by atoms with Crippen LogP contribution in [0.25, 0.3) is 0 Å². The van der Waals surface area contributed by atoms with E-state index in [0.29, 0.717) is 0 Å². The smallest absolute Gasteiger partial charge is 0.179 e. The van der Waals surface area contributed by atoms with Crippen molar-refractivity contribution in [3.05, 3.63) is 23.1 Å². The molecule has 1 atom stereocenters. The Hall–Kier alpha value is -1.16. The topological polar surface area (TPSA) is 46.5 Å². The van der Waals surface area contributed by atoms with Crippen LogP contribution in [-0.4, -0.2) is 22.7 Å². The summed E-state index contributed by atoms with van der Waals surface area (Å²) in [4.78, 5) is 27.0. The first-order chi connectivity index (χ1) is 6.16. The Morgan fingerprint density at radius 1 is 1.54 bits per heavy atom. The van der Waals surface area contributed by atoms with E-state index in [-0.39, 0.29) is 16.9 Å². The molecule has 0 bridgehead atoms. The molecule has 2 aliphatic rings. The molecule has 1 aliphatic heterocycles. The largest absolute Gasteiger partial charge is 0.297 e. The number of carbonyl (C=O) groups excluding carboxylic acids is 2. The van der Waals surface area contributed by atoms with Gasteiger partial charge in [-0.25, -0.2) is 0 Å². The number of hydrogen-bond donors (Lipinski definition) is 0. The third-order valence-corrected chi connectivity index (χ3v) is 3.02. The summed E-state index contributed by atoms with van der Waals surface area (Å²) >= 11 is 1.34. The van der Waals surface area contributed by atoms with Gasteiger partial charge in [-0.2, -0.15) is 0 Å². The highest BCUT2D eigenvalue weighted by Crippen LogP contribution is 2.33. The fourth-order valence-corrected chi connectivity index (χ4v) is 2.14. The van der Waals surface area contributed by atoms with Gasteiger partial charge in [0.15, 0.2) is 16.9 Å². The lowest BCUT2D eigenvalue weighted by molar-refractivity contribution is -0.116. The van der Waals surface area contributed by atoms with Crippen molar-refractivity contribution in [1.29, 1.82) is 0 Å². The van der Waals surface area contributed by atoms with Gasteiger partial charge >= 0.3 is 0 Å². The monoisotopic (exact) mass is 193 g/mol. The van der Waals surface area contributed by atoms with E-state index in [1.807, 2.05) is 0 Å². The van der Waals surface area contributed by atoms with E-state index in [9.17, 15) is 9.59 Å². The summed E-state index contributed by atoms with van der Waals surface area (Å²) < 4.78 is 0. The van der Waals surface area contributed by atoms with E-state index in [2.05, 4.69) is 4.99 Å². The second kappa shape index (κ2) is 2.96. The maximum Gasteiger partial charge on any atom is 0.179 e. The first-order valence-corrected chi connectivity index (χ1v) is 4.74. The molecule has 0 N–H and O–H groups in total. The van der Waals surface area contributed by atoms with Gasteiger partial charge in [0.1, 0.15) is 0 Å². The van der Waals surface area contributed by atoms with E-state index in [0.717, 1.165) is 10.6 Å². The summed E-state index contributed by atoms with van der Waals surface area (Å²) in [6.07, 6.45) is 4.64. The minimum Gasteiger partial charge on any atom is -0.297 e. The molecule has 0 saturated heterocycles. The maximum atomic E-state index is 11.0. The summed E-state index contributed by atoms with van der Waals surface area (Å²) in [6, 6.07) is 0. The van der Waals surface area contributed by atoms with Gasteiger partial charge in [0.25, 0.3) is 0 Å². The number of ketones is 2. The third-order valence-electron chi connectivity index (χ3n) is 1.77. The molecule has 1 unspecified atom stereocenters. The standard InChI is InChI=1S/C9H7NO2S/c1-5(11)9-10-7-3-2-6(12)4-8(7)13-9/h2-4,9H,1H3. The SMILES string of the molecule is CC(=O)C1N=C2C=CC(=O)C=C2S1. The van der Waals surface area contributed by atoms with E-state index < -0.39 is 0 Å². The zero-order chi connectivity index (χ0) is 9.42. The Kier molecular flexibility index (Phi) is 1.92. The molecule has 0 aromatic carbocycles. The van der Waals surface area contributed by atoms with Gasteiger partial charge in [-0.1, -0.05) is 11.8 Å². The van der Waals surface area contributed by atoms with Gasteiger partial charge in [-0.05, 0) is 19.1 Å². The Balaban J connectivity index is 2.31. The zero-order valence-corrected chi connectivity index (χ0v) is 7.80. The number of rotatable bonds is 1. The quantitative estimate of drug-likeness (QED) is 0.586. The van der Waals surface area contributed by atoms with Crippen LogP contribution >= 0.6 is 11.8 Å². The van der Waals surface area contributed by atoms with Gasteiger partial charge < -0.3 is 0 Å². The molecule has 2 rings (SSSR count). The normalized spacial score (nSPS) is 25.3. The van der Waals surface area contributed by atoms with Crippen LogP contribution in [-0.2, 0) is 9.59 Å². The lowest BCUT2D eigenvalue weighted by atomic mass is 10.1. The molecule has 0 amide bonds. The van der Waals surface area contributed by atoms with Gasteiger partial charge in [0, 0.05) is 11.0 Å². The van der Waals surface area contributed by atoms with Crippen molar-refractivity contribution in [3.8, 4) is 0 Å². The van der Waals surface area contributed by atoms with Crippen molar-refractivity contribution in [2.75, 3.05) is 0 Å². The maximum absolute atomic E-state index is 11.0. The molecule has 0 radical (unpaired) electrons. The number of fused-ring (bicyclic) bond motifs is 1. The van der Waals surface area contributed by atoms with Crippen molar-refractivity contribution < 1.29 is 9.59 Å². The Morgan fingerprint density at radius 3 is 3.00 bits per heavy atom. The van der Waals surface area contributed by atoms with Gasteiger partial charge in [0.05, 0.1) is 5.71 Å². The predicted molar refractivity (Wildman–Crippen MR) is 51.7 cm³/mol. The molecule has 1 aliphatic carbocycles. The minimum atomic E-state index is -0.350. The average Bonchev–Trinajstić information content (AvgIpc) is 2.46. The van der Waals surface area contributed by atoms with Crippen LogP contribution in [0.4, 0.5) is 0 Å². The number of thioether (sulfide) groups is 1. The summed E-state index contributed by atoms with van der Waals surface area (Å²) in [5, 5.41) is -0.350. The highest BCUT2D eigenvalue weighted by Gasteiger charge is 2.27. The Morgan fingerprint density at radius 2 is 2.31 bits per heavy atom. The summed E-state index contributed by atoms with van der Waals surface area (Å²) in [5.74, 6) is -0.0145. The highest BCUT2D eigenvalue weighted by atomic mass is 32.2. The van der Waals surface area contributed by atoms with Crippen molar-refractivity contribution in [2.24, 2.45) is 4.99 Å². The van der Waals surface area contributed by atoms with Crippen LogP contribution in [0, 0.1) is 0 Å². The number of aliphatic imine (C=N–C) groups is 1. The van der Waals surface area contributed by atoms with E-state index >= 15 is 0 Å². The first-order valence-electron chi connectivity index (χ1n) is 3.86.